The third-order valence-electron chi connectivity index (χ3n) is 6.95. The summed E-state index contributed by atoms with van der Waals surface area (Å²) in [5.74, 6) is -3.35. The summed E-state index contributed by atoms with van der Waals surface area (Å²) in [6.07, 6.45) is 0. The van der Waals surface area contributed by atoms with Crippen LogP contribution in [0.25, 0.3) is 0 Å². The molecular formula is C32H26NO6P. The minimum atomic E-state index is -3.23. The first kappa shape index (κ1) is 26.9. The molecule has 1 atom stereocenters. The Morgan fingerprint density at radius 3 is 1.60 bits per heavy atom. The largest absolute Gasteiger partial charge is 0.614 e. The number of carbonyl (C=O) groups excluding carboxylic acids is 3. The van der Waals surface area contributed by atoms with Gasteiger partial charge in [-0.3, -0.25) is 14.5 Å². The van der Waals surface area contributed by atoms with E-state index in [9.17, 15) is 19.5 Å². The number of para-hydroxylation sites is 1. The molecule has 1 heterocycles. The van der Waals surface area contributed by atoms with E-state index in [1.807, 2.05) is 91.0 Å². The molecule has 7 nitrogen and oxygen atoms in total. The minimum absolute atomic E-state index is 0.0169. The molecule has 1 amide bonds. The van der Waals surface area contributed by atoms with Crippen molar-refractivity contribution in [2.24, 2.45) is 0 Å². The normalized spacial score (nSPS) is 14.3. The predicted molar refractivity (Wildman–Crippen MR) is 153 cm³/mol. The van der Waals surface area contributed by atoms with Gasteiger partial charge in [0.2, 0.25) is 0 Å². The number of anilines is 1. The topological polar surface area (TPSA) is 96.0 Å². The van der Waals surface area contributed by atoms with Crippen molar-refractivity contribution in [1.82, 2.24) is 0 Å². The van der Waals surface area contributed by atoms with E-state index in [1.54, 1.807) is 18.2 Å². The fourth-order valence-electron chi connectivity index (χ4n) is 5.27. The molecule has 0 spiro atoms. The van der Waals surface area contributed by atoms with Crippen LogP contribution in [0.5, 0.6) is 0 Å². The lowest BCUT2D eigenvalue weighted by atomic mass is 10.1. The Morgan fingerprint density at radius 1 is 0.700 bits per heavy atom. The number of Topliss-reactive ketones (excluding diaryl/α,β-unsaturated/α-hetero) is 1. The second kappa shape index (κ2) is 11.2. The molecule has 0 bridgehead atoms. The van der Waals surface area contributed by atoms with Crippen LogP contribution in [0.2, 0.25) is 0 Å². The zero-order chi connectivity index (χ0) is 28.3. The Kier molecular flexibility index (Phi) is 7.50. The van der Waals surface area contributed by atoms with Crippen LogP contribution >= 0.6 is 7.26 Å². The van der Waals surface area contributed by atoms with E-state index in [1.165, 1.54) is 20.3 Å². The molecule has 0 unspecified atom stereocenters. The highest BCUT2D eigenvalue weighted by atomic mass is 31.2. The van der Waals surface area contributed by atoms with Gasteiger partial charge in [0.15, 0.2) is 6.04 Å². The van der Waals surface area contributed by atoms with E-state index in [0.717, 1.165) is 20.8 Å². The molecule has 0 saturated heterocycles. The molecule has 0 saturated carbocycles. The molecule has 200 valence electrons. The van der Waals surface area contributed by atoms with Crippen LogP contribution in [-0.4, -0.2) is 37.9 Å². The third kappa shape index (κ3) is 4.25. The summed E-state index contributed by atoms with van der Waals surface area (Å²) in [4.78, 5) is 41.6. The molecule has 0 fully saturated rings. The fourth-order valence-corrected chi connectivity index (χ4v) is 9.81. The average molecular weight is 552 g/mol. The lowest BCUT2D eigenvalue weighted by Crippen LogP contribution is -2.50. The van der Waals surface area contributed by atoms with Crippen molar-refractivity contribution in [2.75, 3.05) is 19.1 Å². The van der Waals surface area contributed by atoms with Gasteiger partial charge in [-0.2, -0.15) is 0 Å². The second-order valence-corrected chi connectivity index (χ2v) is 12.4. The standard InChI is InChI=1S/C32H26NO6P/c1-38-31(36)27(33-26-21-13-12-20-25(26)28(34)30(33)35)29(32(37)39-2)40(22-14-6-3-7-15-22,23-16-8-4-9-17-23)24-18-10-5-11-19-24/h3-21,27H,1-2H3/b32-29+/t27-/m0/s1. The maximum atomic E-state index is 14.1. The summed E-state index contributed by atoms with van der Waals surface area (Å²) in [7, 11) is -0.814. The van der Waals surface area contributed by atoms with E-state index in [-0.39, 0.29) is 16.6 Å². The monoisotopic (exact) mass is 551 g/mol. The summed E-state index contributed by atoms with van der Waals surface area (Å²) in [5, 5.41) is 16.4. The van der Waals surface area contributed by atoms with Crippen molar-refractivity contribution in [3.63, 3.8) is 0 Å². The molecule has 5 rings (SSSR count). The fraction of sp³-hybridized carbons (Fsp3) is 0.0938. The van der Waals surface area contributed by atoms with Crippen LogP contribution < -0.4 is 25.9 Å². The number of hydrogen-bond donors (Lipinski definition) is 0. The number of ether oxygens (including phenoxy) is 2. The van der Waals surface area contributed by atoms with Gasteiger partial charge in [0.25, 0.3) is 5.78 Å². The molecule has 0 aromatic heterocycles. The Bertz CT molecular complexity index is 1490. The summed E-state index contributed by atoms with van der Waals surface area (Å²) < 4.78 is 10.6. The molecule has 0 aliphatic carbocycles. The number of fused-ring (bicyclic) bond motifs is 1. The number of amides is 1. The Hall–Kier alpha value is -4.74. The van der Waals surface area contributed by atoms with Gasteiger partial charge in [0.05, 0.1) is 24.3 Å². The number of hydrogen-bond acceptors (Lipinski definition) is 6. The number of esters is 1. The number of nitrogens with zero attached hydrogens (tertiary/aromatic N) is 1. The number of carbonyl (C=O) groups is 3. The van der Waals surface area contributed by atoms with Crippen LogP contribution in [-0.2, 0) is 19.1 Å². The maximum Gasteiger partial charge on any atom is 0.337 e. The highest BCUT2D eigenvalue weighted by molar-refractivity contribution is 7.99. The van der Waals surface area contributed by atoms with Gasteiger partial charge in [-0.05, 0) is 55.6 Å². The Morgan fingerprint density at radius 2 is 1.15 bits per heavy atom. The number of benzene rings is 4. The lowest BCUT2D eigenvalue weighted by Gasteiger charge is -2.37. The van der Waals surface area contributed by atoms with Crippen molar-refractivity contribution in [2.45, 2.75) is 6.04 Å². The third-order valence-corrected chi connectivity index (χ3v) is 11.3. The van der Waals surface area contributed by atoms with E-state index >= 15 is 0 Å². The highest BCUT2D eigenvalue weighted by Crippen LogP contribution is 2.65. The average Bonchev–Trinajstić information content (AvgIpc) is 3.27. The van der Waals surface area contributed by atoms with E-state index < -0.39 is 36.9 Å². The van der Waals surface area contributed by atoms with E-state index in [4.69, 9.17) is 9.47 Å². The van der Waals surface area contributed by atoms with Crippen LogP contribution in [0.15, 0.2) is 127 Å². The predicted octanol–water partition coefficient (Wildman–Crippen LogP) is 2.93. The first-order chi connectivity index (χ1) is 19.5. The number of rotatable bonds is 8. The first-order valence-electron chi connectivity index (χ1n) is 12.5. The van der Waals surface area contributed by atoms with Crippen LogP contribution in [0.4, 0.5) is 5.69 Å². The van der Waals surface area contributed by atoms with Crippen LogP contribution in [0, 0.1) is 0 Å². The first-order valence-corrected chi connectivity index (χ1v) is 14.3. The Balaban J connectivity index is 1.95. The SMILES string of the molecule is COC(=O)[C@H](/C(=C(/[O-])OC)[P+](c1ccccc1)(c1ccccc1)c1ccccc1)N1C(=O)C(=O)c2ccccc21. The van der Waals surface area contributed by atoms with E-state index in [0.29, 0.717) is 0 Å². The van der Waals surface area contributed by atoms with Gasteiger partial charge >= 0.3 is 11.9 Å². The van der Waals surface area contributed by atoms with Crippen molar-refractivity contribution in [1.29, 1.82) is 0 Å². The summed E-state index contributed by atoms with van der Waals surface area (Å²) in [5.41, 5.74) is 0.371. The van der Waals surface area contributed by atoms with Gasteiger partial charge in [-0.15, -0.1) is 0 Å². The van der Waals surface area contributed by atoms with Crippen LogP contribution in [0.3, 0.4) is 0 Å². The lowest BCUT2D eigenvalue weighted by molar-refractivity contribution is -0.354. The van der Waals surface area contributed by atoms with Crippen molar-refractivity contribution >= 4 is 46.5 Å². The van der Waals surface area contributed by atoms with E-state index in [2.05, 4.69) is 0 Å². The smallest absolute Gasteiger partial charge is 0.337 e. The molecule has 0 radical (unpaired) electrons. The minimum Gasteiger partial charge on any atom is -0.614 e. The molecule has 40 heavy (non-hydrogen) atoms. The van der Waals surface area contributed by atoms with Gasteiger partial charge in [0.1, 0.15) is 28.5 Å². The van der Waals surface area contributed by atoms with Gasteiger partial charge < -0.3 is 14.6 Å². The summed E-state index contributed by atoms with van der Waals surface area (Å²) >= 11 is 0. The van der Waals surface area contributed by atoms with Crippen molar-refractivity contribution < 1.29 is 29.0 Å². The molecule has 4 aromatic carbocycles. The van der Waals surface area contributed by atoms with Gasteiger partial charge in [-0.1, -0.05) is 66.7 Å². The zero-order valence-electron chi connectivity index (χ0n) is 21.9. The Labute approximate surface area is 232 Å². The molecule has 0 N–H and O–H groups in total. The van der Waals surface area contributed by atoms with Gasteiger partial charge in [-0.25, -0.2) is 4.79 Å². The summed E-state index contributed by atoms with van der Waals surface area (Å²) in [6, 6.07) is 33.0. The van der Waals surface area contributed by atoms with Crippen LogP contribution in [0.1, 0.15) is 10.4 Å². The molecule has 8 heteroatoms. The van der Waals surface area contributed by atoms with Crippen molar-refractivity contribution in [3.8, 4) is 0 Å². The second-order valence-electron chi connectivity index (χ2n) is 9.00. The zero-order valence-corrected chi connectivity index (χ0v) is 22.8. The molecular weight excluding hydrogens is 525 g/mol. The summed E-state index contributed by atoms with van der Waals surface area (Å²) in [6.45, 7) is 0. The van der Waals surface area contributed by atoms with Gasteiger partial charge in [0, 0.05) is 0 Å². The van der Waals surface area contributed by atoms with Crippen molar-refractivity contribution in [3.05, 3.63) is 132 Å². The quantitative estimate of drug-likeness (QED) is 0.145. The highest BCUT2D eigenvalue weighted by Gasteiger charge is 2.58. The number of ketones is 1. The number of methoxy groups -OCH3 is 2. The molecule has 4 aromatic rings. The molecule has 1 aliphatic rings. The maximum absolute atomic E-state index is 14.1. The molecule has 1 aliphatic heterocycles.